The van der Waals surface area contributed by atoms with Crippen LogP contribution >= 0.6 is 0 Å². The SMILES string of the molecule is Cc1ccc(-n2c(-c3ccc(C#Cc4ccc(C(F)(F)F)cc4)cc3)cc3c2cc(-c2ccc(C#Cc4ccc(C(F)(F)F)cc4)cc2)n3-c2ccc(C)cc2)cc1. The Kier molecular flexibility index (Phi) is 9.80. The standard InChI is InChI=1S/C50H32F6N2/c1-33-3-27-43(28-4-33)57-45(39-19-11-35(12-20-39)7-9-37-15-23-41(24-16-37)49(51,52)53)31-48-47(57)32-46(58(48)44-29-5-34(2)6-30-44)40-21-13-36(14-22-40)8-10-38-17-25-42(26-18-38)50(54,55)56/h3-6,11-32H,1-2H3. The lowest BCUT2D eigenvalue weighted by Gasteiger charge is -2.12. The van der Waals surface area contributed by atoms with Crippen LogP contribution in [0.4, 0.5) is 26.3 Å². The second-order valence-electron chi connectivity index (χ2n) is 14.0. The zero-order valence-electron chi connectivity index (χ0n) is 31.2. The molecule has 58 heavy (non-hydrogen) atoms. The Bertz CT molecular complexity index is 2670. The second kappa shape index (κ2) is 15.1. The van der Waals surface area contributed by atoms with Crippen LogP contribution in [-0.2, 0) is 12.4 Å². The first-order chi connectivity index (χ1) is 27.8. The molecule has 0 spiro atoms. The predicted molar refractivity (Wildman–Crippen MR) is 218 cm³/mol. The monoisotopic (exact) mass is 774 g/mol. The van der Waals surface area contributed by atoms with Crippen LogP contribution in [0, 0.1) is 37.5 Å². The van der Waals surface area contributed by atoms with Gasteiger partial charge in [-0.05, 0) is 134 Å². The molecular weight excluding hydrogens is 743 g/mol. The van der Waals surface area contributed by atoms with Crippen LogP contribution in [-0.4, -0.2) is 9.13 Å². The minimum Gasteiger partial charge on any atom is -0.308 e. The summed E-state index contributed by atoms with van der Waals surface area (Å²) in [5.41, 5.74) is 11.0. The van der Waals surface area contributed by atoms with Crippen molar-refractivity contribution >= 4 is 11.0 Å². The Morgan fingerprint density at radius 1 is 0.362 bits per heavy atom. The molecular formula is C50H32F6N2. The second-order valence-corrected chi connectivity index (χ2v) is 14.0. The Morgan fingerprint density at radius 2 is 0.638 bits per heavy atom. The van der Waals surface area contributed by atoms with Crippen molar-refractivity contribution in [1.82, 2.24) is 9.13 Å². The van der Waals surface area contributed by atoms with E-state index in [4.69, 9.17) is 0 Å². The van der Waals surface area contributed by atoms with Crippen molar-refractivity contribution in [3.05, 3.63) is 202 Å². The van der Waals surface area contributed by atoms with Crippen molar-refractivity contribution in [2.24, 2.45) is 0 Å². The van der Waals surface area contributed by atoms with E-state index in [-0.39, 0.29) is 0 Å². The fourth-order valence-corrected chi connectivity index (χ4v) is 6.75. The van der Waals surface area contributed by atoms with Gasteiger partial charge in [0.2, 0.25) is 0 Å². The van der Waals surface area contributed by atoms with E-state index in [2.05, 4.69) is 93.5 Å². The highest BCUT2D eigenvalue weighted by Gasteiger charge is 2.30. The maximum absolute atomic E-state index is 13.0. The number of fused-ring (bicyclic) bond motifs is 1. The van der Waals surface area contributed by atoms with E-state index in [1.54, 1.807) is 0 Å². The summed E-state index contributed by atoms with van der Waals surface area (Å²) >= 11 is 0. The average molecular weight is 775 g/mol. The van der Waals surface area contributed by atoms with Gasteiger partial charge < -0.3 is 9.13 Å². The van der Waals surface area contributed by atoms with Crippen LogP contribution < -0.4 is 0 Å². The molecule has 6 aromatic carbocycles. The fourth-order valence-electron chi connectivity index (χ4n) is 6.75. The topological polar surface area (TPSA) is 9.86 Å². The lowest BCUT2D eigenvalue weighted by atomic mass is 10.1. The van der Waals surface area contributed by atoms with Crippen molar-refractivity contribution in [3.63, 3.8) is 0 Å². The van der Waals surface area contributed by atoms with E-state index in [1.807, 2.05) is 62.4 Å². The van der Waals surface area contributed by atoms with Crippen LogP contribution in [0.3, 0.4) is 0 Å². The lowest BCUT2D eigenvalue weighted by molar-refractivity contribution is -0.138. The summed E-state index contributed by atoms with van der Waals surface area (Å²) < 4.78 is 82.6. The molecule has 0 atom stereocenters. The van der Waals surface area contributed by atoms with E-state index in [0.717, 1.165) is 91.4 Å². The number of benzene rings is 6. The van der Waals surface area contributed by atoms with Gasteiger partial charge >= 0.3 is 12.4 Å². The van der Waals surface area contributed by atoms with E-state index >= 15 is 0 Å². The normalized spacial score (nSPS) is 11.5. The van der Waals surface area contributed by atoms with Crippen molar-refractivity contribution in [2.45, 2.75) is 26.2 Å². The summed E-state index contributed by atoms with van der Waals surface area (Å²) in [5, 5.41) is 0. The smallest absolute Gasteiger partial charge is 0.308 e. The molecule has 0 N–H and O–H groups in total. The highest BCUT2D eigenvalue weighted by molar-refractivity contribution is 5.93. The zero-order chi connectivity index (χ0) is 40.6. The summed E-state index contributed by atoms with van der Waals surface area (Å²) in [7, 11) is 0. The van der Waals surface area contributed by atoms with Crippen molar-refractivity contribution < 1.29 is 26.3 Å². The molecule has 0 fully saturated rings. The van der Waals surface area contributed by atoms with Gasteiger partial charge in [-0.1, -0.05) is 83.3 Å². The van der Waals surface area contributed by atoms with Crippen molar-refractivity contribution in [1.29, 1.82) is 0 Å². The zero-order valence-corrected chi connectivity index (χ0v) is 31.2. The largest absolute Gasteiger partial charge is 0.416 e. The fraction of sp³-hybridized carbons (Fsp3) is 0.0800. The van der Waals surface area contributed by atoms with Gasteiger partial charge in [-0.2, -0.15) is 26.3 Å². The van der Waals surface area contributed by atoms with Gasteiger partial charge in [0.1, 0.15) is 0 Å². The van der Waals surface area contributed by atoms with Crippen molar-refractivity contribution in [3.8, 4) is 57.6 Å². The Hall–Kier alpha value is -7.16. The highest BCUT2D eigenvalue weighted by Crippen LogP contribution is 2.39. The van der Waals surface area contributed by atoms with Crippen LogP contribution in [0.2, 0.25) is 0 Å². The van der Waals surface area contributed by atoms with E-state index in [0.29, 0.717) is 11.1 Å². The van der Waals surface area contributed by atoms with Gasteiger partial charge in [-0.15, -0.1) is 0 Å². The molecule has 0 unspecified atom stereocenters. The van der Waals surface area contributed by atoms with Gasteiger partial charge in [0.15, 0.2) is 0 Å². The van der Waals surface area contributed by atoms with Crippen molar-refractivity contribution in [2.75, 3.05) is 0 Å². The molecule has 0 aliphatic heterocycles. The molecule has 8 rings (SSSR count). The lowest BCUT2D eigenvalue weighted by Crippen LogP contribution is -2.04. The number of hydrogen-bond donors (Lipinski definition) is 0. The van der Waals surface area contributed by atoms with Crippen LogP contribution in [0.1, 0.15) is 44.5 Å². The van der Waals surface area contributed by atoms with Crippen LogP contribution in [0.15, 0.2) is 158 Å². The number of halogens is 6. The summed E-state index contributed by atoms with van der Waals surface area (Å²) in [6.45, 7) is 4.09. The molecule has 0 bridgehead atoms. The molecule has 2 aromatic heterocycles. The molecule has 0 aliphatic carbocycles. The molecule has 0 saturated carbocycles. The van der Waals surface area contributed by atoms with Gasteiger partial charge in [0, 0.05) is 33.6 Å². The number of alkyl halides is 6. The minimum absolute atomic E-state index is 0.487. The number of aromatic nitrogens is 2. The molecule has 2 nitrogen and oxygen atoms in total. The molecule has 284 valence electrons. The highest BCUT2D eigenvalue weighted by atomic mass is 19.4. The third kappa shape index (κ3) is 7.91. The molecule has 2 heterocycles. The number of rotatable bonds is 4. The molecule has 8 aromatic rings. The maximum atomic E-state index is 13.0. The van der Waals surface area contributed by atoms with Gasteiger partial charge in [-0.3, -0.25) is 0 Å². The Balaban J connectivity index is 1.19. The van der Waals surface area contributed by atoms with Gasteiger partial charge in [-0.25, -0.2) is 0 Å². The van der Waals surface area contributed by atoms with E-state index in [1.165, 1.54) is 24.3 Å². The molecule has 0 amide bonds. The summed E-state index contributed by atoms with van der Waals surface area (Å²) in [4.78, 5) is 0. The maximum Gasteiger partial charge on any atom is 0.416 e. The summed E-state index contributed by atoms with van der Waals surface area (Å²) in [6, 6.07) is 46.3. The third-order valence-corrected chi connectivity index (χ3v) is 9.85. The number of aryl methyl sites for hydroxylation is 2. The summed E-state index contributed by atoms with van der Waals surface area (Å²) in [5.74, 6) is 12.1. The summed E-state index contributed by atoms with van der Waals surface area (Å²) in [6.07, 6.45) is -8.81. The van der Waals surface area contributed by atoms with Crippen LogP contribution in [0.25, 0.3) is 44.9 Å². The Morgan fingerprint density at radius 3 is 0.914 bits per heavy atom. The molecule has 0 aliphatic rings. The molecule has 0 radical (unpaired) electrons. The van der Waals surface area contributed by atoms with Gasteiger partial charge in [0.05, 0.1) is 33.5 Å². The first-order valence-electron chi connectivity index (χ1n) is 18.3. The number of nitrogens with zero attached hydrogens (tertiary/aromatic N) is 2. The van der Waals surface area contributed by atoms with Crippen LogP contribution in [0.5, 0.6) is 0 Å². The number of hydrogen-bond acceptors (Lipinski definition) is 0. The quantitative estimate of drug-likeness (QED) is 0.124. The Labute approximate surface area is 331 Å². The minimum atomic E-state index is -4.40. The molecule has 0 saturated heterocycles. The first kappa shape index (κ1) is 37.7. The predicted octanol–water partition coefficient (Wildman–Crippen LogP) is 13.2. The van der Waals surface area contributed by atoms with Gasteiger partial charge in [0.25, 0.3) is 0 Å². The van der Waals surface area contributed by atoms with E-state index < -0.39 is 23.5 Å². The average Bonchev–Trinajstić information content (AvgIpc) is 3.77. The third-order valence-electron chi connectivity index (χ3n) is 9.85. The molecule has 8 heteroatoms. The first-order valence-corrected chi connectivity index (χ1v) is 18.3. The van der Waals surface area contributed by atoms with E-state index in [9.17, 15) is 26.3 Å².